The zero-order valence-electron chi connectivity index (χ0n) is 8.57. The first kappa shape index (κ1) is 13.7. The summed E-state index contributed by atoms with van der Waals surface area (Å²) in [4.78, 5) is -0.167. The van der Waals surface area contributed by atoms with Crippen molar-refractivity contribution in [2.45, 2.75) is 37.7 Å². The summed E-state index contributed by atoms with van der Waals surface area (Å²) in [6.45, 7) is 8.15. The van der Waals surface area contributed by atoms with Gasteiger partial charge in [-0.25, -0.2) is 0 Å². The van der Waals surface area contributed by atoms with E-state index in [-0.39, 0.29) is 11.0 Å². The van der Waals surface area contributed by atoms with Crippen LogP contribution in [0.5, 0.6) is 0 Å². The van der Waals surface area contributed by atoms with E-state index in [2.05, 4.69) is 36.1 Å². The van der Waals surface area contributed by atoms with E-state index in [0.717, 1.165) is 22.8 Å². The Morgan fingerprint density at radius 2 is 2.23 bits per heavy atom. The highest BCUT2D eigenvalue weighted by atomic mass is 127. The Hall–Kier alpha value is 0.720. The molecule has 0 N–H and O–H groups in total. The van der Waals surface area contributed by atoms with Crippen LogP contribution >= 0.6 is 34.2 Å². The first-order valence-electron chi connectivity index (χ1n) is 4.42. The molecule has 2 atom stereocenters. The highest BCUT2D eigenvalue weighted by Crippen LogP contribution is 2.28. The zero-order chi connectivity index (χ0) is 10.5. The lowest BCUT2D eigenvalue weighted by atomic mass is 9.96. The largest absolute Gasteiger partial charge is 0.376 e. The van der Waals surface area contributed by atoms with Gasteiger partial charge < -0.3 is 4.74 Å². The number of alkyl halides is 2. The Labute approximate surface area is 100 Å². The predicted molar refractivity (Wildman–Crippen MR) is 68.0 cm³/mol. The number of ether oxygens (including phenoxy) is 1. The molecule has 3 heteroatoms. The highest BCUT2D eigenvalue weighted by molar-refractivity contribution is 14.1. The van der Waals surface area contributed by atoms with Crippen molar-refractivity contribution in [3.8, 4) is 0 Å². The van der Waals surface area contributed by atoms with Crippen molar-refractivity contribution in [2.24, 2.45) is 0 Å². The van der Waals surface area contributed by atoms with Crippen LogP contribution in [0.3, 0.4) is 0 Å². The molecule has 78 valence electrons. The fraction of sp³-hybridized carbons (Fsp3) is 0.800. The Bertz CT molecular complexity index is 164. The van der Waals surface area contributed by atoms with Gasteiger partial charge in [-0.1, -0.05) is 36.1 Å². The topological polar surface area (TPSA) is 9.23 Å². The third-order valence-corrected chi connectivity index (χ3v) is 3.41. The van der Waals surface area contributed by atoms with Crippen LogP contribution in [0.1, 0.15) is 26.7 Å². The highest BCUT2D eigenvalue weighted by Gasteiger charge is 2.22. The molecule has 0 bridgehead atoms. The number of rotatable bonds is 6. The Morgan fingerprint density at radius 3 is 2.54 bits per heavy atom. The van der Waals surface area contributed by atoms with Gasteiger partial charge in [0.2, 0.25) is 0 Å². The Balaban J connectivity index is 4.13. The SMILES string of the molecule is C=C(C[C@@](C)(Cl)CC)[C@H](CI)OC. The smallest absolute Gasteiger partial charge is 0.0868 e. The number of methoxy groups -OCH3 is 1. The van der Waals surface area contributed by atoms with Crippen molar-refractivity contribution < 1.29 is 4.74 Å². The van der Waals surface area contributed by atoms with E-state index in [1.165, 1.54) is 0 Å². The van der Waals surface area contributed by atoms with Gasteiger partial charge in [0.05, 0.1) is 6.10 Å². The second-order valence-electron chi connectivity index (χ2n) is 3.48. The molecule has 0 aromatic rings. The second-order valence-corrected chi connectivity index (χ2v) is 5.27. The van der Waals surface area contributed by atoms with Crippen molar-refractivity contribution in [1.82, 2.24) is 0 Å². The molecule has 0 spiro atoms. The molecule has 0 saturated carbocycles. The van der Waals surface area contributed by atoms with E-state index >= 15 is 0 Å². The van der Waals surface area contributed by atoms with Crippen LogP contribution in [-0.2, 0) is 4.74 Å². The second kappa shape index (κ2) is 6.25. The van der Waals surface area contributed by atoms with Gasteiger partial charge in [-0.15, -0.1) is 11.6 Å². The van der Waals surface area contributed by atoms with Gasteiger partial charge in [0, 0.05) is 16.4 Å². The van der Waals surface area contributed by atoms with Gasteiger partial charge in [0.1, 0.15) is 0 Å². The summed E-state index contributed by atoms with van der Waals surface area (Å²) in [6.07, 6.45) is 1.92. The lowest BCUT2D eigenvalue weighted by Gasteiger charge is -2.24. The quantitative estimate of drug-likeness (QED) is 0.411. The summed E-state index contributed by atoms with van der Waals surface area (Å²) in [7, 11) is 1.71. The van der Waals surface area contributed by atoms with E-state index in [0.29, 0.717) is 0 Å². The summed E-state index contributed by atoms with van der Waals surface area (Å²) < 4.78 is 6.22. The zero-order valence-corrected chi connectivity index (χ0v) is 11.5. The average molecular weight is 317 g/mol. The number of halogens is 2. The summed E-state index contributed by atoms with van der Waals surface area (Å²) in [5, 5.41) is 0. The molecule has 0 aliphatic rings. The minimum Gasteiger partial charge on any atom is -0.376 e. The molecule has 0 aromatic carbocycles. The van der Waals surface area contributed by atoms with E-state index < -0.39 is 0 Å². The molecule has 13 heavy (non-hydrogen) atoms. The molecular formula is C10H18ClIO. The molecule has 0 amide bonds. The van der Waals surface area contributed by atoms with Crippen LogP contribution in [0.4, 0.5) is 0 Å². The van der Waals surface area contributed by atoms with Gasteiger partial charge in [-0.05, 0) is 25.3 Å². The lowest BCUT2D eigenvalue weighted by Crippen LogP contribution is -2.23. The third-order valence-electron chi connectivity index (χ3n) is 2.21. The molecule has 0 aromatic heterocycles. The fourth-order valence-corrected chi connectivity index (χ4v) is 2.21. The maximum absolute atomic E-state index is 6.25. The van der Waals surface area contributed by atoms with Crippen LogP contribution in [-0.4, -0.2) is 22.5 Å². The molecule has 0 aliphatic carbocycles. The van der Waals surface area contributed by atoms with E-state index in [1.54, 1.807) is 7.11 Å². The molecule has 0 radical (unpaired) electrons. The summed E-state index contributed by atoms with van der Waals surface area (Å²) in [6, 6.07) is 0. The van der Waals surface area contributed by atoms with Crippen LogP contribution < -0.4 is 0 Å². The summed E-state index contributed by atoms with van der Waals surface area (Å²) >= 11 is 8.55. The summed E-state index contributed by atoms with van der Waals surface area (Å²) in [5.41, 5.74) is 1.09. The van der Waals surface area contributed by atoms with Gasteiger partial charge in [0.15, 0.2) is 0 Å². The first-order valence-corrected chi connectivity index (χ1v) is 6.32. The molecule has 0 heterocycles. The van der Waals surface area contributed by atoms with Gasteiger partial charge in [-0.3, -0.25) is 0 Å². The Kier molecular flexibility index (Phi) is 6.60. The van der Waals surface area contributed by atoms with Gasteiger partial charge in [-0.2, -0.15) is 0 Å². The number of hydrogen-bond acceptors (Lipinski definition) is 1. The maximum atomic E-state index is 6.25. The Morgan fingerprint density at radius 1 is 1.69 bits per heavy atom. The molecule has 0 rings (SSSR count). The fourth-order valence-electron chi connectivity index (χ4n) is 1.05. The maximum Gasteiger partial charge on any atom is 0.0868 e. The minimum atomic E-state index is -0.167. The van der Waals surface area contributed by atoms with Crippen molar-refractivity contribution in [3.05, 3.63) is 12.2 Å². The van der Waals surface area contributed by atoms with Crippen LogP contribution in [0.15, 0.2) is 12.2 Å². The van der Waals surface area contributed by atoms with Crippen LogP contribution in [0, 0.1) is 0 Å². The van der Waals surface area contributed by atoms with Crippen molar-refractivity contribution in [2.75, 3.05) is 11.5 Å². The monoisotopic (exact) mass is 316 g/mol. The van der Waals surface area contributed by atoms with E-state index in [1.807, 2.05) is 6.92 Å². The first-order chi connectivity index (χ1) is 5.96. The average Bonchev–Trinajstić information content (AvgIpc) is 2.06. The molecule has 1 nitrogen and oxygen atoms in total. The standard InChI is InChI=1S/C10H18ClIO/c1-5-10(3,11)6-8(2)9(7-12)13-4/h9H,2,5-7H2,1,3-4H3/t9-,10-/m0/s1. The van der Waals surface area contributed by atoms with Crippen molar-refractivity contribution in [3.63, 3.8) is 0 Å². The van der Waals surface area contributed by atoms with Crippen LogP contribution in [0.2, 0.25) is 0 Å². The van der Waals surface area contributed by atoms with Crippen molar-refractivity contribution in [1.29, 1.82) is 0 Å². The minimum absolute atomic E-state index is 0.144. The molecular weight excluding hydrogens is 298 g/mol. The summed E-state index contributed by atoms with van der Waals surface area (Å²) in [5.74, 6) is 0. The van der Waals surface area contributed by atoms with Gasteiger partial charge >= 0.3 is 0 Å². The third kappa shape index (κ3) is 5.23. The predicted octanol–water partition coefficient (Wildman–Crippen LogP) is 3.79. The van der Waals surface area contributed by atoms with E-state index in [9.17, 15) is 0 Å². The van der Waals surface area contributed by atoms with Crippen molar-refractivity contribution >= 4 is 34.2 Å². The molecule has 0 saturated heterocycles. The van der Waals surface area contributed by atoms with Crippen LogP contribution in [0.25, 0.3) is 0 Å². The molecule has 0 fully saturated rings. The normalized spacial score (nSPS) is 17.9. The number of hydrogen-bond donors (Lipinski definition) is 0. The lowest BCUT2D eigenvalue weighted by molar-refractivity contribution is 0.148. The van der Waals surface area contributed by atoms with Gasteiger partial charge in [0.25, 0.3) is 0 Å². The molecule has 0 aliphatic heterocycles. The van der Waals surface area contributed by atoms with E-state index in [4.69, 9.17) is 16.3 Å². The molecule has 0 unspecified atom stereocenters.